The third-order valence-corrected chi connectivity index (χ3v) is 6.23. The van der Waals surface area contributed by atoms with Crippen LogP contribution in [0, 0.1) is 10.8 Å². The van der Waals surface area contributed by atoms with E-state index >= 15 is 0 Å². The van der Waals surface area contributed by atoms with E-state index in [9.17, 15) is 0 Å². The lowest BCUT2D eigenvalue weighted by Crippen LogP contribution is -2.36. The van der Waals surface area contributed by atoms with E-state index < -0.39 is 0 Å². The minimum atomic E-state index is 0.469. The lowest BCUT2D eigenvalue weighted by Gasteiger charge is -2.33. The van der Waals surface area contributed by atoms with Crippen molar-refractivity contribution in [2.24, 2.45) is 15.8 Å². The minimum Gasteiger partial charge on any atom is -0.364 e. The summed E-state index contributed by atoms with van der Waals surface area (Å²) in [6.45, 7) is 9.08. The Kier molecular flexibility index (Phi) is 4.63. The van der Waals surface area contributed by atoms with Gasteiger partial charge in [0, 0.05) is 18.8 Å². The second kappa shape index (κ2) is 5.85. The van der Waals surface area contributed by atoms with Crippen molar-refractivity contribution < 1.29 is 0 Å². The largest absolute Gasteiger partial charge is 0.364 e. The van der Waals surface area contributed by atoms with E-state index in [-0.39, 0.29) is 0 Å². The van der Waals surface area contributed by atoms with Crippen molar-refractivity contribution in [3.05, 3.63) is 0 Å². The van der Waals surface area contributed by atoms with E-state index in [0.717, 1.165) is 13.1 Å². The third-order valence-electron chi connectivity index (χ3n) is 4.93. The summed E-state index contributed by atoms with van der Waals surface area (Å²) in [6.07, 6.45) is 8.04. The summed E-state index contributed by atoms with van der Waals surface area (Å²) in [5.41, 5.74) is 1.10. The molecule has 0 spiro atoms. The Morgan fingerprint density at radius 3 is 2.33 bits per heavy atom. The zero-order valence-electron chi connectivity index (χ0n) is 12.2. The molecule has 2 aliphatic rings. The maximum atomic E-state index is 4.78. The van der Waals surface area contributed by atoms with Crippen LogP contribution in [0.25, 0.3) is 0 Å². The number of thioether (sulfide) groups is 1. The van der Waals surface area contributed by atoms with Crippen LogP contribution < -0.4 is 5.32 Å². The molecule has 0 atom stereocenters. The lowest BCUT2D eigenvalue weighted by molar-refractivity contribution is 0.318. The summed E-state index contributed by atoms with van der Waals surface area (Å²) >= 11 is 1.94. The Hall–Kier alpha value is -0.180. The van der Waals surface area contributed by atoms with Crippen molar-refractivity contribution in [1.82, 2.24) is 5.32 Å². The standard InChI is InChI=1S/C15H28N2S/c1-4-7-15(8-9-15)11-17-13-16-10-14(5-2,6-3)12-18-13/h4-12H2,1-3H3,(H,16,17). The van der Waals surface area contributed by atoms with Crippen LogP contribution in [0.4, 0.5) is 0 Å². The number of amidine groups is 1. The molecule has 1 heterocycles. The lowest BCUT2D eigenvalue weighted by atomic mass is 9.84. The fraction of sp³-hybridized carbons (Fsp3) is 0.933. The Labute approximate surface area is 116 Å². The van der Waals surface area contributed by atoms with Gasteiger partial charge in [0.15, 0.2) is 5.17 Å². The average molecular weight is 268 g/mol. The van der Waals surface area contributed by atoms with Crippen LogP contribution in [-0.4, -0.2) is 24.0 Å². The maximum absolute atomic E-state index is 4.78. The van der Waals surface area contributed by atoms with Gasteiger partial charge in [-0.15, -0.1) is 0 Å². The molecule has 1 aliphatic carbocycles. The van der Waals surface area contributed by atoms with Gasteiger partial charge in [-0.2, -0.15) is 0 Å². The number of aliphatic imine (C=N–C) groups is 1. The predicted octanol–water partition coefficient (Wildman–Crippen LogP) is 4.07. The fourth-order valence-electron chi connectivity index (χ4n) is 2.82. The van der Waals surface area contributed by atoms with Crippen molar-refractivity contribution >= 4 is 16.9 Å². The second-order valence-corrected chi connectivity index (χ2v) is 7.18. The normalized spacial score (nSPS) is 24.5. The van der Waals surface area contributed by atoms with E-state index in [4.69, 9.17) is 4.99 Å². The quantitative estimate of drug-likeness (QED) is 0.785. The predicted molar refractivity (Wildman–Crippen MR) is 82.4 cm³/mol. The fourth-order valence-corrected chi connectivity index (χ4v) is 4.09. The van der Waals surface area contributed by atoms with Gasteiger partial charge in [0.1, 0.15) is 0 Å². The highest BCUT2D eigenvalue weighted by Gasteiger charge is 2.41. The monoisotopic (exact) mass is 268 g/mol. The van der Waals surface area contributed by atoms with Crippen molar-refractivity contribution in [3.8, 4) is 0 Å². The Morgan fingerprint density at radius 1 is 1.17 bits per heavy atom. The van der Waals surface area contributed by atoms with Crippen molar-refractivity contribution in [3.63, 3.8) is 0 Å². The highest BCUT2D eigenvalue weighted by molar-refractivity contribution is 8.13. The number of nitrogens with zero attached hydrogens (tertiary/aromatic N) is 1. The van der Waals surface area contributed by atoms with Crippen LogP contribution >= 0.6 is 11.8 Å². The SMILES string of the molecule is CCCC1(CNC2=NCC(CC)(CC)CS2)CC1. The molecular formula is C15H28N2S. The summed E-state index contributed by atoms with van der Waals surface area (Å²) in [6, 6.07) is 0. The maximum Gasteiger partial charge on any atom is 0.156 e. The van der Waals surface area contributed by atoms with Gasteiger partial charge in [0.25, 0.3) is 0 Å². The molecule has 1 N–H and O–H groups in total. The second-order valence-electron chi connectivity index (χ2n) is 6.22. The first-order valence-electron chi connectivity index (χ1n) is 7.59. The van der Waals surface area contributed by atoms with E-state index in [2.05, 4.69) is 26.1 Å². The van der Waals surface area contributed by atoms with Crippen LogP contribution in [0.3, 0.4) is 0 Å². The average Bonchev–Trinajstić information content (AvgIpc) is 3.18. The molecule has 1 saturated carbocycles. The summed E-state index contributed by atoms with van der Waals surface area (Å²) in [7, 11) is 0. The molecule has 0 saturated heterocycles. The van der Waals surface area contributed by atoms with Crippen molar-refractivity contribution in [2.75, 3.05) is 18.8 Å². The van der Waals surface area contributed by atoms with E-state index in [1.54, 1.807) is 0 Å². The number of hydrogen-bond acceptors (Lipinski definition) is 3. The Morgan fingerprint density at radius 2 is 1.89 bits per heavy atom. The molecule has 0 radical (unpaired) electrons. The van der Waals surface area contributed by atoms with Crippen LogP contribution in [0.5, 0.6) is 0 Å². The molecule has 0 aromatic carbocycles. The number of rotatable bonds is 6. The van der Waals surface area contributed by atoms with Gasteiger partial charge in [0.2, 0.25) is 0 Å². The van der Waals surface area contributed by atoms with Crippen LogP contribution in [0.1, 0.15) is 59.3 Å². The van der Waals surface area contributed by atoms with E-state index in [1.165, 1.54) is 49.4 Å². The highest BCUT2D eigenvalue weighted by atomic mass is 32.2. The molecule has 2 rings (SSSR count). The van der Waals surface area contributed by atoms with Gasteiger partial charge in [-0.1, -0.05) is 39.0 Å². The highest BCUT2D eigenvalue weighted by Crippen LogP contribution is 2.49. The van der Waals surface area contributed by atoms with Gasteiger partial charge in [-0.05, 0) is 42.9 Å². The molecule has 104 valence electrons. The molecule has 2 nitrogen and oxygen atoms in total. The molecule has 0 amide bonds. The smallest absolute Gasteiger partial charge is 0.156 e. The molecular weight excluding hydrogens is 240 g/mol. The molecule has 0 bridgehead atoms. The number of nitrogens with one attached hydrogen (secondary N) is 1. The summed E-state index contributed by atoms with van der Waals surface area (Å²) in [5, 5.41) is 4.81. The topological polar surface area (TPSA) is 24.4 Å². The van der Waals surface area contributed by atoms with Gasteiger partial charge >= 0.3 is 0 Å². The first-order valence-corrected chi connectivity index (χ1v) is 8.57. The van der Waals surface area contributed by atoms with Crippen LogP contribution in [-0.2, 0) is 0 Å². The van der Waals surface area contributed by atoms with Crippen molar-refractivity contribution in [2.45, 2.75) is 59.3 Å². The van der Waals surface area contributed by atoms with E-state index in [1.807, 2.05) is 11.8 Å². The molecule has 3 heteroatoms. The zero-order chi connectivity index (χ0) is 13.1. The molecule has 0 unspecified atom stereocenters. The molecule has 0 aromatic heterocycles. The van der Waals surface area contributed by atoms with Gasteiger partial charge in [-0.25, -0.2) is 0 Å². The third kappa shape index (κ3) is 3.23. The first-order chi connectivity index (χ1) is 8.67. The number of hydrogen-bond donors (Lipinski definition) is 1. The molecule has 18 heavy (non-hydrogen) atoms. The Bertz CT molecular complexity index is 304. The Balaban J connectivity index is 1.80. The van der Waals surface area contributed by atoms with Gasteiger partial charge < -0.3 is 5.32 Å². The summed E-state index contributed by atoms with van der Waals surface area (Å²) in [5.74, 6) is 1.24. The molecule has 1 aliphatic heterocycles. The van der Waals surface area contributed by atoms with Gasteiger partial charge in [-0.3, -0.25) is 4.99 Å². The van der Waals surface area contributed by atoms with Crippen LogP contribution in [0.15, 0.2) is 4.99 Å². The zero-order valence-corrected chi connectivity index (χ0v) is 13.0. The first kappa shape index (κ1) is 14.2. The summed E-state index contributed by atoms with van der Waals surface area (Å²) in [4.78, 5) is 4.78. The minimum absolute atomic E-state index is 0.469. The molecule has 1 fully saturated rings. The van der Waals surface area contributed by atoms with Gasteiger partial charge in [0.05, 0.1) is 0 Å². The van der Waals surface area contributed by atoms with Crippen molar-refractivity contribution in [1.29, 1.82) is 0 Å². The summed E-state index contributed by atoms with van der Waals surface area (Å²) < 4.78 is 0. The molecule has 0 aromatic rings. The van der Waals surface area contributed by atoms with Crippen LogP contribution in [0.2, 0.25) is 0 Å². The van der Waals surface area contributed by atoms with E-state index in [0.29, 0.717) is 10.8 Å².